The summed E-state index contributed by atoms with van der Waals surface area (Å²) in [6.45, 7) is 5.74. The molecule has 0 aromatic heterocycles. The summed E-state index contributed by atoms with van der Waals surface area (Å²) in [4.78, 5) is 4.57. The number of halogens is 2. The number of benzene rings is 1. The molecule has 0 saturated heterocycles. The van der Waals surface area contributed by atoms with Crippen molar-refractivity contribution >= 4 is 23.2 Å². The second-order valence-electron chi connectivity index (χ2n) is 5.20. The maximum atomic E-state index is 6.31. The number of hydrogen-bond acceptors (Lipinski definition) is 3. The van der Waals surface area contributed by atoms with Crippen LogP contribution in [0.25, 0.3) is 0 Å². The first-order valence-electron chi connectivity index (χ1n) is 7.03. The molecule has 1 aromatic carbocycles. The van der Waals surface area contributed by atoms with Crippen LogP contribution in [0.5, 0.6) is 0 Å². The number of nitrogens with two attached hydrogens (primary N) is 1. The smallest absolute Gasteiger partial charge is 0.0485 e. The molecule has 0 aliphatic carbocycles. The first-order chi connectivity index (χ1) is 9.49. The van der Waals surface area contributed by atoms with Gasteiger partial charge in [0, 0.05) is 29.2 Å². The molecular weight excluding hydrogens is 293 g/mol. The maximum absolute atomic E-state index is 6.31. The summed E-state index contributed by atoms with van der Waals surface area (Å²) in [5.41, 5.74) is 7.04. The van der Waals surface area contributed by atoms with Crippen molar-refractivity contribution in [1.82, 2.24) is 9.80 Å². The first kappa shape index (κ1) is 17.7. The molecule has 0 aliphatic rings. The van der Waals surface area contributed by atoms with E-state index in [9.17, 15) is 0 Å². The van der Waals surface area contributed by atoms with Crippen molar-refractivity contribution in [1.29, 1.82) is 0 Å². The van der Waals surface area contributed by atoms with Crippen molar-refractivity contribution < 1.29 is 0 Å². The van der Waals surface area contributed by atoms with Crippen LogP contribution in [-0.4, -0.2) is 50.1 Å². The van der Waals surface area contributed by atoms with Gasteiger partial charge in [-0.15, -0.1) is 0 Å². The van der Waals surface area contributed by atoms with Gasteiger partial charge in [0.15, 0.2) is 0 Å². The Kier molecular flexibility index (Phi) is 7.85. The molecule has 5 heteroatoms. The van der Waals surface area contributed by atoms with Crippen molar-refractivity contribution in [3.05, 3.63) is 33.8 Å². The van der Waals surface area contributed by atoms with Gasteiger partial charge < -0.3 is 10.6 Å². The molecule has 0 heterocycles. The van der Waals surface area contributed by atoms with E-state index in [4.69, 9.17) is 28.9 Å². The zero-order valence-electron chi connectivity index (χ0n) is 12.6. The maximum Gasteiger partial charge on any atom is 0.0485 e. The second-order valence-corrected chi connectivity index (χ2v) is 6.05. The molecule has 1 aromatic rings. The summed E-state index contributed by atoms with van der Waals surface area (Å²) in [6.07, 6.45) is 1.11. The Hall–Kier alpha value is -0.320. The molecule has 0 bridgehead atoms. The van der Waals surface area contributed by atoms with Gasteiger partial charge in [-0.2, -0.15) is 0 Å². The van der Waals surface area contributed by atoms with Crippen LogP contribution in [0.2, 0.25) is 10.0 Å². The summed E-state index contributed by atoms with van der Waals surface area (Å²) in [5.74, 6) is 0. The molecule has 0 saturated carbocycles. The number of likely N-dealkylation sites (N-methyl/N-ethyl adjacent to an activating group) is 1. The molecule has 3 nitrogen and oxygen atoms in total. The van der Waals surface area contributed by atoms with Crippen molar-refractivity contribution in [2.75, 3.05) is 40.3 Å². The number of rotatable bonds is 8. The standard InChI is InChI=1S/C15H25Cl2N3/c1-4-20(9-5-8-19(2)3)15(11-18)13-7-6-12(16)10-14(13)17/h6-7,10,15H,4-5,8-9,11,18H2,1-3H3. The molecule has 0 amide bonds. The van der Waals surface area contributed by atoms with Crippen LogP contribution in [0.1, 0.15) is 24.9 Å². The minimum Gasteiger partial charge on any atom is -0.329 e. The summed E-state index contributed by atoms with van der Waals surface area (Å²) in [5, 5.41) is 1.35. The van der Waals surface area contributed by atoms with Crippen LogP contribution < -0.4 is 5.73 Å². The third kappa shape index (κ3) is 5.23. The van der Waals surface area contributed by atoms with Crippen LogP contribution in [0.4, 0.5) is 0 Å². The summed E-state index contributed by atoms with van der Waals surface area (Å²) in [6, 6.07) is 5.79. The van der Waals surface area contributed by atoms with Gasteiger partial charge in [-0.05, 0) is 51.3 Å². The van der Waals surface area contributed by atoms with Gasteiger partial charge >= 0.3 is 0 Å². The molecule has 0 fully saturated rings. The Balaban J connectivity index is 2.80. The molecule has 114 valence electrons. The highest BCUT2D eigenvalue weighted by Gasteiger charge is 2.20. The zero-order valence-corrected chi connectivity index (χ0v) is 14.1. The lowest BCUT2D eigenvalue weighted by atomic mass is 10.0. The van der Waals surface area contributed by atoms with Gasteiger partial charge in [0.1, 0.15) is 0 Å². The second kappa shape index (κ2) is 8.85. The third-order valence-corrected chi connectivity index (χ3v) is 4.00. The van der Waals surface area contributed by atoms with Gasteiger partial charge in [-0.1, -0.05) is 36.2 Å². The number of nitrogens with zero attached hydrogens (tertiary/aromatic N) is 2. The minimum absolute atomic E-state index is 0.145. The molecule has 2 N–H and O–H groups in total. The molecule has 20 heavy (non-hydrogen) atoms. The van der Waals surface area contributed by atoms with E-state index < -0.39 is 0 Å². The van der Waals surface area contributed by atoms with E-state index in [1.807, 2.05) is 12.1 Å². The van der Waals surface area contributed by atoms with Crippen LogP contribution in [0, 0.1) is 0 Å². The van der Waals surface area contributed by atoms with Crippen molar-refractivity contribution in [2.45, 2.75) is 19.4 Å². The summed E-state index contributed by atoms with van der Waals surface area (Å²) in [7, 11) is 4.18. The van der Waals surface area contributed by atoms with Crippen LogP contribution in [0.15, 0.2) is 18.2 Å². The van der Waals surface area contributed by atoms with E-state index in [1.165, 1.54) is 0 Å². The third-order valence-electron chi connectivity index (χ3n) is 3.44. The fraction of sp³-hybridized carbons (Fsp3) is 0.600. The Morgan fingerprint density at radius 1 is 1.20 bits per heavy atom. The van der Waals surface area contributed by atoms with E-state index in [0.717, 1.165) is 31.6 Å². The van der Waals surface area contributed by atoms with Crippen molar-refractivity contribution in [3.8, 4) is 0 Å². The lowest BCUT2D eigenvalue weighted by molar-refractivity contribution is 0.201. The van der Waals surface area contributed by atoms with Crippen LogP contribution in [-0.2, 0) is 0 Å². The summed E-state index contributed by atoms with van der Waals surface area (Å²) >= 11 is 12.3. The molecular formula is C15H25Cl2N3. The monoisotopic (exact) mass is 317 g/mol. The number of hydrogen-bond donors (Lipinski definition) is 1. The fourth-order valence-corrected chi connectivity index (χ4v) is 2.90. The van der Waals surface area contributed by atoms with Crippen molar-refractivity contribution in [2.24, 2.45) is 5.73 Å². The normalized spacial score (nSPS) is 13.2. The Bertz CT molecular complexity index is 410. The van der Waals surface area contributed by atoms with Crippen molar-refractivity contribution in [3.63, 3.8) is 0 Å². The van der Waals surface area contributed by atoms with E-state index in [0.29, 0.717) is 16.6 Å². The van der Waals surface area contributed by atoms with Gasteiger partial charge in [0.2, 0.25) is 0 Å². The van der Waals surface area contributed by atoms with Gasteiger partial charge in [-0.25, -0.2) is 0 Å². The highest BCUT2D eigenvalue weighted by molar-refractivity contribution is 6.35. The predicted octanol–water partition coefficient (Wildman–Crippen LogP) is 3.27. The molecule has 1 rings (SSSR count). The largest absolute Gasteiger partial charge is 0.329 e. The first-order valence-corrected chi connectivity index (χ1v) is 7.79. The lowest BCUT2D eigenvalue weighted by Crippen LogP contribution is -2.35. The predicted molar refractivity (Wildman–Crippen MR) is 88.7 cm³/mol. The highest BCUT2D eigenvalue weighted by Crippen LogP contribution is 2.29. The minimum atomic E-state index is 0.145. The zero-order chi connectivity index (χ0) is 15.1. The Labute approximate surface area is 132 Å². The Morgan fingerprint density at radius 3 is 2.40 bits per heavy atom. The fourth-order valence-electron chi connectivity index (χ4n) is 2.37. The quantitative estimate of drug-likeness (QED) is 0.798. The van der Waals surface area contributed by atoms with Gasteiger partial charge in [0.05, 0.1) is 0 Å². The van der Waals surface area contributed by atoms with Gasteiger partial charge in [0.25, 0.3) is 0 Å². The Morgan fingerprint density at radius 2 is 1.90 bits per heavy atom. The van der Waals surface area contributed by atoms with Crippen LogP contribution in [0.3, 0.4) is 0 Å². The molecule has 1 unspecified atom stereocenters. The van der Waals surface area contributed by atoms with Crippen LogP contribution >= 0.6 is 23.2 Å². The van der Waals surface area contributed by atoms with E-state index >= 15 is 0 Å². The van der Waals surface area contributed by atoms with E-state index in [1.54, 1.807) is 6.07 Å². The molecule has 0 radical (unpaired) electrons. The van der Waals surface area contributed by atoms with E-state index in [-0.39, 0.29) is 6.04 Å². The average molecular weight is 318 g/mol. The van der Waals surface area contributed by atoms with E-state index in [2.05, 4.69) is 30.8 Å². The SMILES string of the molecule is CCN(CCCN(C)C)C(CN)c1ccc(Cl)cc1Cl. The summed E-state index contributed by atoms with van der Waals surface area (Å²) < 4.78 is 0. The molecule has 1 atom stereocenters. The van der Waals surface area contributed by atoms with Gasteiger partial charge in [-0.3, -0.25) is 4.90 Å². The molecule has 0 aliphatic heterocycles. The molecule has 0 spiro atoms. The highest BCUT2D eigenvalue weighted by atomic mass is 35.5. The average Bonchev–Trinajstić information content (AvgIpc) is 2.39. The topological polar surface area (TPSA) is 32.5 Å². The lowest BCUT2D eigenvalue weighted by Gasteiger charge is -2.31.